The summed E-state index contributed by atoms with van der Waals surface area (Å²) in [6.07, 6.45) is 6.62. The van der Waals surface area contributed by atoms with Crippen LogP contribution >= 0.6 is 15.9 Å². The van der Waals surface area contributed by atoms with Gasteiger partial charge in [-0.3, -0.25) is 4.79 Å². The van der Waals surface area contributed by atoms with Crippen LogP contribution in [0.2, 0.25) is 0 Å². The Bertz CT molecular complexity index is 627. The van der Waals surface area contributed by atoms with E-state index < -0.39 is 11.9 Å². The average Bonchev–Trinajstić information content (AvgIpc) is 2.48. The number of hydrogen-bond acceptors (Lipinski definition) is 2. The number of halogens is 2. The van der Waals surface area contributed by atoms with Crippen LogP contribution in [-0.4, -0.2) is 17.6 Å². The first kappa shape index (κ1) is 16.4. The van der Waals surface area contributed by atoms with E-state index in [0.29, 0.717) is 4.47 Å². The second-order valence-corrected chi connectivity index (χ2v) is 8.94. The number of carbonyl (C=O) groups is 1. The Morgan fingerprint density at radius 1 is 1.25 bits per heavy atom. The molecule has 5 rings (SSSR count). The molecule has 0 heterocycles. The van der Waals surface area contributed by atoms with Crippen molar-refractivity contribution >= 4 is 21.8 Å². The minimum absolute atomic E-state index is 0.0400. The summed E-state index contributed by atoms with van der Waals surface area (Å²) in [7, 11) is 0. The van der Waals surface area contributed by atoms with Gasteiger partial charge >= 0.3 is 0 Å². The van der Waals surface area contributed by atoms with Gasteiger partial charge in [-0.05, 0) is 81.4 Å². The highest BCUT2D eigenvalue weighted by Crippen LogP contribution is 2.55. The molecule has 1 aromatic carbocycles. The maximum absolute atomic E-state index is 13.9. The third-order valence-corrected chi connectivity index (χ3v) is 6.49. The predicted molar refractivity (Wildman–Crippen MR) is 93.2 cm³/mol. The molecule has 1 aromatic rings. The first-order valence-corrected chi connectivity index (χ1v) is 9.65. The summed E-state index contributed by atoms with van der Waals surface area (Å²) in [4.78, 5) is 12.6. The molecule has 4 aliphatic carbocycles. The maximum atomic E-state index is 13.9. The van der Waals surface area contributed by atoms with Gasteiger partial charge in [0.25, 0.3) is 5.91 Å². The molecule has 3 nitrogen and oxygen atoms in total. The zero-order valence-electron chi connectivity index (χ0n) is 13.9. The molecule has 0 saturated heterocycles. The third kappa shape index (κ3) is 3.07. The summed E-state index contributed by atoms with van der Waals surface area (Å²) in [5, 5.41) is 3.28. The second-order valence-electron chi connectivity index (χ2n) is 8.02. The van der Waals surface area contributed by atoms with Crippen LogP contribution in [0.4, 0.5) is 4.39 Å². The molecule has 1 N–H and O–H groups in total. The van der Waals surface area contributed by atoms with Crippen LogP contribution in [0.1, 0.15) is 45.4 Å². The number of benzene rings is 1. The fourth-order valence-electron chi connectivity index (χ4n) is 5.44. The number of ether oxygens (including phenoxy) is 1. The van der Waals surface area contributed by atoms with Gasteiger partial charge in [-0.15, -0.1) is 0 Å². The molecule has 130 valence electrons. The molecule has 0 radical (unpaired) electrons. The summed E-state index contributed by atoms with van der Waals surface area (Å²) >= 11 is 3.22. The minimum Gasteiger partial charge on any atom is -0.478 e. The van der Waals surface area contributed by atoms with Crippen LogP contribution in [0.15, 0.2) is 22.7 Å². The zero-order chi connectivity index (χ0) is 16.9. The van der Waals surface area contributed by atoms with E-state index in [1.54, 1.807) is 19.1 Å². The van der Waals surface area contributed by atoms with Crippen molar-refractivity contribution in [2.75, 3.05) is 0 Å². The molecule has 0 spiro atoms. The number of nitrogens with one attached hydrogen (secondary N) is 1. The predicted octanol–water partition coefficient (Wildman–Crippen LogP) is 4.44. The van der Waals surface area contributed by atoms with E-state index in [1.165, 1.54) is 25.3 Å². The van der Waals surface area contributed by atoms with E-state index in [4.69, 9.17) is 4.74 Å². The molecule has 0 aliphatic heterocycles. The van der Waals surface area contributed by atoms with Crippen LogP contribution in [0.25, 0.3) is 0 Å². The van der Waals surface area contributed by atoms with Crippen molar-refractivity contribution in [3.05, 3.63) is 28.5 Å². The number of carbonyl (C=O) groups excluding carboxylic acids is 1. The van der Waals surface area contributed by atoms with Crippen molar-refractivity contribution in [1.29, 1.82) is 0 Å². The van der Waals surface area contributed by atoms with Crippen molar-refractivity contribution in [2.45, 2.75) is 57.1 Å². The highest BCUT2D eigenvalue weighted by molar-refractivity contribution is 9.10. The summed E-state index contributed by atoms with van der Waals surface area (Å²) in [6.45, 7) is 1.69. The Hall–Kier alpha value is -1.10. The van der Waals surface area contributed by atoms with Crippen molar-refractivity contribution in [2.24, 2.45) is 17.8 Å². The largest absolute Gasteiger partial charge is 0.478 e. The molecule has 1 amide bonds. The Morgan fingerprint density at radius 3 is 2.38 bits per heavy atom. The first-order valence-electron chi connectivity index (χ1n) is 8.86. The van der Waals surface area contributed by atoms with Crippen molar-refractivity contribution in [3.63, 3.8) is 0 Å². The van der Waals surface area contributed by atoms with Gasteiger partial charge in [-0.1, -0.05) is 15.9 Å². The molecule has 0 aromatic heterocycles. The molecule has 0 unspecified atom stereocenters. The van der Waals surface area contributed by atoms with E-state index in [1.807, 2.05) is 0 Å². The molecule has 4 aliphatic rings. The fourth-order valence-corrected chi connectivity index (χ4v) is 5.77. The topological polar surface area (TPSA) is 38.3 Å². The zero-order valence-corrected chi connectivity index (χ0v) is 15.4. The molecule has 4 saturated carbocycles. The Balaban J connectivity index is 1.42. The van der Waals surface area contributed by atoms with Gasteiger partial charge in [0.05, 0.1) is 0 Å². The lowest BCUT2D eigenvalue weighted by molar-refractivity contribution is -0.133. The highest BCUT2D eigenvalue weighted by Gasteiger charge is 2.51. The summed E-state index contributed by atoms with van der Waals surface area (Å²) in [6, 6.07) is 4.61. The van der Waals surface area contributed by atoms with Gasteiger partial charge in [0, 0.05) is 10.0 Å². The quantitative estimate of drug-likeness (QED) is 0.817. The van der Waals surface area contributed by atoms with Crippen LogP contribution in [-0.2, 0) is 4.79 Å². The van der Waals surface area contributed by atoms with Crippen LogP contribution < -0.4 is 10.1 Å². The summed E-state index contributed by atoms with van der Waals surface area (Å²) in [5.74, 6) is 1.86. The van der Waals surface area contributed by atoms with Gasteiger partial charge in [0.2, 0.25) is 0 Å². The SMILES string of the molecule is C[C@H](Oc1ccc(Br)cc1F)C(=O)NC12CC3CC(CC(C3)C1)C2. The van der Waals surface area contributed by atoms with Gasteiger partial charge in [0.15, 0.2) is 17.7 Å². The van der Waals surface area contributed by atoms with Gasteiger partial charge in [-0.25, -0.2) is 4.39 Å². The van der Waals surface area contributed by atoms with E-state index in [0.717, 1.165) is 37.0 Å². The van der Waals surface area contributed by atoms with E-state index in [9.17, 15) is 9.18 Å². The minimum atomic E-state index is -0.700. The number of hydrogen-bond donors (Lipinski definition) is 1. The fraction of sp³-hybridized carbons (Fsp3) is 0.632. The second kappa shape index (κ2) is 6.01. The Labute approximate surface area is 150 Å². The lowest BCUT2D eigenvalue weighted by Gasteiger charge is -2.57. The molecular weight excluding hydrogens is 373 g/mol. The van der Waals surface area contributed by atoms with Crippen molar-refractivity contribution in [1.82, 2.24) is 5.32 Å². The van der Waals surface area contributed by atoms with Crippen molar-refractivity contribution < 1.29 is 13.9 Å². The Morgan fingerprint density at radius 2 is 1.83 bits per heavy atom. The molecule has 24 heavy (non-hydrogen) atoms. The average molecular weight is 396 g/mol. The lowest BCUT2D eigenvalue weighted by Crippen LogP contribution is -2.61. The summed E-state index contributed by atoms with van der Waals surface area (Å²) < 4.78 is 20.1. The van der Waals surface area contributed by atoms with E-state index in [2.05, 4.69) is 21.2 Å². The normalized spacial score (nSPS) is 34.9. The van der Waals surface area contributed by atoms with E-state index in [-0.39, 0.29) is 17.2 Å². The number of rotatable bonds is 4. The third-order valence-electron chi connectivity index (χ3n) is 5.99. The molecule has 4 fully saturated rings. The monoisotopic (exact) mass is 395 g/mol. The van der Waals surface area contributed by atoms with Crippen LogP contribution in [0.3, 0.4) is 0 Å². The first-order chi connectivity index (χ1) is 11.4. The highest BCUT2D eigenvalue weighted by atomic mass is 79.9. The van der Waals surface area contributed by atoms with E-state index >= 15 is 0 Å². The van der Waals surface area contributed by atoms with Crippen LogP contribution in [0, 0.1) is 23.6 Å². The van der Waals surface area contributed by atoms with Gasteiger partial charge < -0.3 is 10.1 Å². The van der Waals surface area contributed by atoms with Gasteiger partial charge in [0.1, 0.15) is 0 Å². The molecule has 5 heteroatoms. The van der Waals surface area contributed by atoms with Crippen LogP contribution in [0.5, 0.6) is 5.75 Å². The molecular formula is C19H23BrFNO2. The lowest BCUT2D eigenvalue weighted by atomic mass is 9.53. The van der Waals surface area contributed by atoms with Gasteiger partial charge in [-0.2, -0.15) is 0 Å². The van der Waals surface area contributed by atoms with Crippen molar-refractivity contribution in [3.8, 4) is 5.75 Å². The Kier molecular flexibility index (Phi) is 4.10. The smallest absolute Gasteiger partial charge is 0.261 e. The number of amides is 1. The molecule has 4 bridgehead atoms. The standard InChI is InChI=1S/C19H23BrFNO2/c1-11(24-17-3-2-15(20)7-16(17)21)18(23)22-19-8-12-4-13(9-19)6-14(5-12)10-19/h2-3,7,11-14H,4-6,8-10H2,1H3,(H,22,23)/t11-,12?,13?,14?,19?/m0/s1. The molecule has 1 atom stereocenters. The summed E-state index contributed by atoms with van der Waals surface area (Å²) in [5.41, 5.74) is -0.0400. The maximum Gasteiger partial charge on any atom is 0.261 e.